The molecule has 3 aromatic rings. The number of ketones is 1. The molecule has 0 aromatic heterocycles. The van der Waals surface area contributed by atoms with Crippen LogP contribution in [0.25, 0.3) is 5.76 Å². The van der Waals surface area contributed by atoms with Gasteiger partial charge >= 0.3 is 6.18 Å². The van der Waals surface area contributed by atoms with Gasteiger partial charge in [-0.05, 0) is 59.2 Å². The lowest BCUT2D eigenvalue weighted by molar-refractivity contribution is -0.140. The Kier molecular flexibility index (Phi) is 6.15. The highest BCUT2D eigenvalue weighted by Gasteiger charge is 2.46. The number of benzene rings is 3. The standard InChI is InChI=1S/C28H22F3NO5/c1-36-21-8-5-17(6-9-21)24-23(25(33)19-7-10-22-18(14-19)11-12-37-22)26(34)27(35)32(24)15-16-3-2-4-20(13-16)28(29,30)31/h2-10,13-14,24,33H,11-12,15H2,1H3/b25-23-. The summed E-state index contributed by atoms with van der Waals surface area (Å²) in [6, 6.07) is 15.2. The highest BCUT2D eigenvalue weighted by molar-refractivity contribution is 6.46. The van der Waals surface area contributed by atoms with Gasteiger partial charge in [-0.3, -0.25) is 9.59 Å². The van der Waals surface area contributed by atoms with Crippen molar-refractivity contribution in [1.29, 1.82) is 0 Å². The van der Waals surface area contributed by atoms with Crippen LogP contribution in [-0.4, -0.2) is 35.4 Å². The molecule has 6 nitrogen and oxygen atoms in total. The van der Waals surface area contributed by atoms with Crippen molar-refractivity contribution >= 4 is 17.4 Å². The summed E-state index contributed by atoms with van der Waals surface area (Å²) < 4.78 is 50.6. The number of carbonyl (C=O) groups excluding carboxylic acids is 2. The molecule has 0 bridgehead atoms. The lowest BCUT2D eigenvalue weighted by atomic mass is 9.94. The number of aliphatic hydroxyl groups is 1. The van der Waals surface area contributed by atoms with Gasteiger partial charge in [0.25, 0.3) is 11.7 Å². The zero-order valence-corrected chi connectivity index (χ0v) is 19.7. The smallest absolute Gasteiger partial charge is 0.416 e. The van der Waals surface area contributed by atoms with Crippen LogP contribution < -0.4 is 9.47 Å². The van der Waals surface area contributed by atoms with Crippen LogP contribution in [0.4, 0.5) is 13.2 Å². The first-order valence-electron chi connectivity index (χ1n) is 11.5. The molecule has 2 heterocycles. The molecule has 0 saturated carbocycles. The molecule has 5 rings (SSSR count). The third-order valence-electron chi connectivity index (χ3n) is 6.54. The molecular formula is C28H22F3NO5. The van der Waals surface area contributed by atoms with Crippen LogP contribution in [0.15, 0.2) is 72.3 Å². The Hall–Kier alpha value is -4.27. The highest BCUT2D eigenvalue weighted by Crippen LogP contribution is 2.42. The second-order valence-corrected chi connectivity index (χ2v) is 8.82. The van der Waals surface area contributed by atoms with Gasteiger partial charge in [0.1, 0.15) is 17.3 Å². The van der Waals surface area contributed by atoms with E-state index in [1.54, 1.807) is 42.5 Å². The number of methoxy groups -OCH3 is 1. The predicted octanol–water partition coefficient (Wildman–Crippen LogP) is 5.27. The zero-order chi connectivity index (χ0) is 26.3. The van der Waals surface area contributed by atoms with E-state index in [2.05, 4.69) is 0 Å². The molecule has 9 heteroatoms. The molecule has 37 heavy (non-hydrogen) atoms. The molecule has 1 saturated heterocycles. The Morgan fingerprint density at radius 2 is 1.84 bits per heavy atom. The Labute approximate surface area is 210 Å². The minimum atomic E-state index is -4.56. The summed E-state index contributed by atoms with van der Waals surface area (Å²) in [7, 11) is 1.49. The third-order valence-corrected chi connectivity index (χ3v) is 6.54. The van der Waals surface area contributed by atoms with Crippen molar-refractivity contribution in [1.82, 2.24) is 4.90 Å². The molecule has 2 aliphatic rings. The largest absolute Gasteiger partial charge is 0.507 e. The van der Waals surface area contributed by atoms with E-state index in [4.69, 9.17) is 9.47 Å². The number of amides is 1. The number of hydrogen-bond donors (Lipinski definition) is 1. The van der Waals surface area contributed by atoms with E-state index in [1.807, 2.05) is 0 Å². The SMILES string of the molecule is COc1ccc(C2/C(=C(/O)c3ccc4c(c3)CCO4)C(=O)C(=O)N2Cc2cccc(C(F)(F)F)c2)cc1. The number of rotatable bonds is 5. The number of hydrogen-bond acceptors (Lipinski definition) is 5. The minimum Gasteiger partial charge on any atom is -0.507 e. The van der Waals surface area contributed by atoms with Gasteiger partial charge in [-0.2, -0.15) is 13.2 Å². The number of halogens is 3. The average molecular weight is 509 g/mol. The predicted molar refractivity (Wildman–Crippen MR) is 128 cm³/mol. The lowest BCUT2D eigenvalue weighted by Gasteiger charge is -2.26. The highest BCUT2D eigenvalue weighted by atomic mass is 19.4. The number of alkyl halides is 3. The van der Waals surface area contributed by atoms with E-state index in [9.17, 15) is 27.9 Å². The van der Waals surface area contributed by atoms with Gasteiger partial charge in [-0.25, -0.2) is 0 Å². The molecule has 0 spiro atoms. The Morgan fingerprint density at radius 3 is 2.54 bits per heavy atom. The monoisotopic (exact) mass is 509 g/mol. The second kappa shape index (κ2) is 9.31. The maximum atomic E-state index is 13.3. The molecule has 1 fully saturated rings. The summed E-state index contributed by atoms with van der Waals surface area (Å²) in [5, 5.41) is 11.3. The van der Waals surface area contributed by atoms with Crippen molar-refractivity contribution in [2.45, 2.75) is 25.2 Å². The maximum Gasteiger partial charge on any atom is 0.416 e. The van der Waals surface area contributed by atoms with E-state index >= 15 is 0 Å². The van der Waals surface area contributed by atoms with Gasteiger partial charge in [0.15, 0.2) is 0 Å². The lowest BCUT2D eigenvalue weighted by Crippen LogP contribution is -2.29. The first-order valence-corrected chi connectivity index (χ1v) is 11.5. The quantitative estimate of drug-likeness (QED) is 0.288. The van der Waals surface area contributed by atoms with Gasteiger partial charge in [0.05, 0.1) is 30.9 Å². The Balaban J connectivity index is 1.61. The second-order valence-electron chi connectivity index (χ2n) is 8.82. The van der Waals surface area contributed by atoms with Crippen molar-refractivity contribution in [2.24, 2.45) is 0 Å². The van der Waals surface area contributed by atoms with Crippen LogP contribution in [0.1, 0.15) is 33.9 Å². The number of likely N-dealkylation sites (tertiary alicyclic amines) is 1. The van der Waals surface area contributed by atoms with Gasteiger partial charge in [0, 0.05) is 18.5 Å². The Bertz CT molecular complexity index is 1410. The number of ether oxygens (including phenoxy) is 2. The molecule has 1 atom stereocenters. The summed E-state index contributed by atoms with van der Waals surface area (Å²) in [4.78, 5) is 27.6. The normalized spacial score (nSPS) is 18.6. The molecule has 2 aliphatic heterocycles. The van der Waals surface area contributed by atoms with Crippen LogP contribution in [0, 0.1) is 0 Å². The fourth-order valence-electron chi connectivity index (χ4n) is 4.71. The minimum absolute atomic E-state index is 0.138. The van der Waals surface area contributed by atoms with E-state index in [-0.39, 0.29) is 23.4 Å². The summed E-state index contributed by atoms with van der Waals surface area (Å²) in [6.07, 6.45) is -3.92. The van der Waals surface area contributed by atoms with E-state index in [0.29, 0.717) is 35.7 Å². The molecular weight excluding hydrogens is 487 g/mol. The topological polar surface area (TPSA) is 76.1 Å². The molecule has 190 valence electrons. The van der Waals surface area contributed by atoms with Crippen molar-refractivity contribution in [3.63, 3.8) is 0 Å². The molecule has 1 N–H and O–H groups in total. The van der Waals surface area contributed by atoms with Crippen LogP contribution in [-0.2, 0) is 28.7 Å². The Morgan fingerprint density at radius 1 is 1.08 bits per heavy atom. The number of Topliss-reactive ketones (excluding diaryl/α,β-unsaturated/α-hetero) is 1. The molecule has 0 aliphatic carbocycles. The van der Waals surface area contributed by atoms with Crippen LogP contribution in [0.2, 0.25) is 0 Å². The molecule has 1 amide bonds. The van der Waals surface area contributed by atoms with Crippen LogP contribution >= 0.6 is 0 Å². The van der Waals surface area contributed by atoms with Crippen molar-refractivity contribution < 1.29 is 37.3 Å². The third kappa shape index (κ3) is 4.52. The fourth-order valence-corrected chi connectivity index (χ4v) is 4.71. The number of fused-ring (bicyclic) bond motifs is 1. The van der Waals surface area contributed by atoms with E-state index < -0.39 is 29.5 Å². The zero-order valence-electron chi connectivity index (χ0n) is 19.7. The number of carbonyl (C=O) groups is 2. The summed E-state index contributed by atoms with van der Waals surface area (Å²) >= 11 is 0. The molecule has 1 unspecified atom stereocenters. The van der Waals surface area contributed by atoms with Crippen molar-refractivity contribution in [3.8, 4) is 11.5 Å². The fraction of sp³-hybridized carbons (Fsp3) is 0.214. The van der Waals surface area contributed by atoms with E-state index in [1.165, 1.54) is 24.1 Å². The average Bonchev–Trinajstić information content (AvgIpc) is 3.46. The van der Waals surface area contributed by atoms with Crippen molar-refractivity contribution in [3.05, 3.63) is 100 Å². The van der Waals surface area contributed by atoms with Gasteiger partial charge < -0.3 is 19.5 Å². The molecule has 0 radical (unpaired) electrons. The number of aliphatic hydroxyl groups excluding tert-OH is 1. The summed E-state index contributed by atoms with van der Waals surface area (Å²) in [5.41, 5.74) is 0.912. The van der Waals surface area contributed by atoms with Gasteiger partial charge in [0.2, 0.25) is 0 Å². The van der Waals surface area contributed by atoms with E-state index in [0.717, 1.165) is 17.7 Å². The van der Waals surface area contributed by atoms with Crippen molar-refractivity contribution in [2.75, 3.05) is 13.7 Å². The first-order chi connectivity index (χ1) is 17.7. The van der Waals surface area contributed by atoms with Gasteiger partial charge in [-0.15, -0.1) is 0 Å². The van der Waals surface area contributed by atoms with Crippen LogP contribution in [0.3, 0.4) is 0 Å². The number of nitrogens with zero attached hydrogens (tertiary/aromatic N) is 1. The first kappa shape index (κ1) is 24.4. The summed E-state index contributed by atoms with van der Waals surface area (Å²) in [6.45, 7) is 0.243. The maximum absolute atomic E-state index is 13.3. The summed E-state index contributed by atoms with van der Waals surface area (Å²) in [5.74, 6) is -0.961. The van der Waals surface area contributed by atoms with Crippen LogP contribution in [0.5, 0.6) is 11.5 Å². The molecule has 3 aromatic carbocycles. The van der Waals surface area contributed by atoms with Gasteiger partial charge in [-0.1, -0.05) is 24.3 Å².